The van der Waals surface area contributed by atoms with Gasteiger partial charge in [0, 0.05) is 0 Å². The van der Waals surface area contributed by atoms with Gasteiger partial charge in [0.05, 0.1) is 0 Å². The van der Waals surface area contributed by atoms with Crippen LogP contribution in [0, 0.1) is 0 Å². The molecule has 0 spiro atoms. The van der Waals surface area contributed by atoms with Crippen LogP contribution in [0.4, 0.5) is 0 Å². The largest absolute Gasteiger partial charge is 1.00 e. The number of hydrogen-bond acceptors (Lipinski definition) is 1. The second-order valence-electron chi connectivity index (χ2n) is 2.93. The number of benzene rings is 1. The van der Waals surface area contributed by atoms with Crippen molar-refractivity contribution < 1.29 is 45.1 Å². The molecule has 1 aromatic rings. The molecule has 0 amide bonds. The van der Waals surface area contributed by atoms with E-state index in [0.29, 0.717) is 6.10 Å². The first kappa shape index (κ1) is 16.8. The molecular formula is C10H14Cl2OV. The van der Waals surface area contributed by atoms with Gasteiger partial charge in [-0.25, -0.2) is 0 Å². The van der Waals surface area contributed by atoms with E-state index in [0.717, 1.165) is 5.13 Å². The fraction of sp³-hybridized carbons (Fsp3) is 0.400. The zero-order valence-electron chi connectivity index (χ0n) is 8.28. The van der Waals surface area contributed by atoms with E-state index in [1.807, 2.05) is 6.07 Å². The van der Waals surface area contributed by atoms with Crippen molar-refractivity contribution >= 4 is 0 Å². The van der Waals surface area contributed by atoms with Crippen LogP contribution in [0.15, 0.2) is 30.3 Å². The Morgan fingerprint density at radius 2 is 1.71 bits per heavy atom. The Morgan fingerprint density at radius 1 is 1.14 bits per heavy atom. The molecule has 0 radical (unpaired) electrons. The zero-order chi connectivity index (χ0) is 8.81. The fourth-order valence-corrected chi connectivity index (χ4v) is 1.99. The minimum absolute atomic E-state index is 0. The second kappa shape index (κ2) is 9.88. The summed E-state index contributed by atoms with van der Waals surface area (Å²) in [4.78, 5) is 0. The minimum Gasteiger partial charge on any atom is -1.00 e. The molecule has 0 aliphatic rings. The predicted molar refractivity (Wildman–Crippen MR) is 46.4 cm³/mol. The zero-order valence-corrected chi connectivity index (χ0v) is 11.2. The van der Waals surface area contributed by atoms with Crippen molar-refractivity contribution in [3.63, 3.8) is 0 Å². The third kappa shape index (κ3) is 7.72. The van der Waals surface area contributed by atoms with Gasteiger partial charge in [0.1, 0.15) is 0 Å². The molecule has 0 saturated carbocycles. The van der Waals surface area contributed by atoms with Crippen LogP contribution >= 0.6 is 0 Å². The van der Waals surface area contributed by atoms with Crippen LogP contribution in [-0.4, -0.2) is 6.10 Å². The quantitative estimate of drug-likeness (QED) is 0.556. The third-order valence-corrected chi connectivity index (χ3v) is 3.04. The first-order valence-corrected chi connectivity index (χ1v) is 5.71. The van der Waals surface area contributed by atoms with Crippen LogP contribution in [-0.2, 0) is 25.4 Å². The van der Waals surface area contributed by atoms with E-state index in [-0.39, 0.29) is 41.5 Å². The van der Waals surface area contributed by atoms with Crippen LogP contribution in [0.3, 0.4) is 0 Å². The van der Waals surface area contributed by atoms with Gasteiger partial charge in [-0.2, -0.15) is 0 Å². The van der Waals surface area contributed by atoms with E-state index >= 15 is 0 Å². The summed E-state index contributed by atoms with van der Waals surface area (Å²) in [6.45, 7) is 4.17. The summed E-state index contributed by atoms with van der Waals surface area (Å²) < 4.78 is 5.54. The smallest absolute Gasteiger partial charge is 1.00 e. The van der Waals surface area contributed by atoms with E-state index < -0.39 is 0 Å². The Labute approximate surface area is 106 Å². The van der Waals surface area contributed by atoms with Crippen LogP contribution in [0.5, 0.6) is 0 Å². The number of hydrogen-bond donors (Lipinski definition) is 0. The first-order chi connectivity index (χ1) is 5.79. The molecule has 14 heavy (non-hydrogen) atoms. The fourth-order valence-electron chi connectivity index (χ4n) is 0.844. The number of halogens is 2. The average molecular weight is 272 g/mol. The molecule has 0 unspecified atom stereocenters. The van der Waals surface area contributed by atoms with Crippen molar-refractivity contribution in [3.05, 3.63) is 35.9 Å². The van der Waals surface area contributed by atoms with Gasteiger partial charge in [0.25, 0.3) is 0 Å². The van der Waals surface area contributed by atoms with Gasteiger partial charge in [0.15, 0.2) is 0 Å². The second-order valence-corrected chi connectivity index (χ2v) is 4.15. The normalized spacial score (nSPS) is 8.50. The van der Waals surface area contributed by atoms with Crippen molar-refractivity contribution in [1.82, 2.24) is 0 Å². The maximum Gasteiger partial charge on any atom is -1.00 e. The van der Waals surface area contributed by atoms with Gasteiger partial charge in [0.2, 0.25) is 0 Å². The summed E-state index contributed by atoms with van der Waals surface area (Å²) in [5, 5.41) is 1.11. The van der Waals surface area contributed by atoms with E-state index in [1.54, 1.807) is 0 Å². The Hall–Kier alpha value is 0.344. The topological polar surface area (TPSA) is 9.23 Å². The van der Waals surface area contributed by atoms with Crippen molar-refractivity contribution in [2.45, 2.75) is 25.1 Å². The van der Waals surface area contributed by atoms with Gasteiger partial charge in [-0.15, -0.1) is 0 Å². The van der Waals surface area contributed by atoms with Crippen molar-refractivity contribution in [2.75, 3.05) is 0 Å². The number of rotatable bonds is 4. The van der Waals surface area contributed by atoms with Crippen LogP contribution < -0.4 is 24.8 Å². The van der Waals surface area contributed by atoms with Gasteiger partial charge in [-0.05, 0) is 0 Å². The van der Waals surface area contributed by atoms with Crippen LogP contribution in [0.2, 0.25) is 0 Å². The molecule has 1 rings (SSSR count). The Kier molecular flexibility index (Phi) is 11.8. The molecular weight excluding hydrogens is 258 g/mol. The molecule has 1 aromatic carbocycles. The maximum atomic E-state index is 5.54. The van der Waals surface area contributed by atoms with Crippen LogP contribution in [0.1, 0.15) is 19.4 Å². The Balaban J connectivity index is 0. The van der Waals surface area contributed by atoms with E-state index in [9.17, 15) is 0 Å². The molecule has 0 bridgehead atoms. The van der Waals surface area contributed by atoms with Crippen LogP contribution in [0.25, 0.3) is 0 Å². The Bertz CT molecular complexity index is 217. The van der Waals surface area contributed by atoms with E-state index in [1.165, 1.54) is 5.56 Å². The minimum atomic E-state index is 0. The average Bonchev–Trinajstić information content (AvgIpc) is 2.05. The standard InChI is InChI=1S/C7H7.C3H7O.2ClH.V/c1-7-5-3-2-4-6-7;1-3(2)4;;;/h2-6H,1H2;3H,1-2H3;2*1H;/q;-1;;;+3/p-2. The van der Waals surface area contributed by atoms with Gasteiger partial charge in [-0.3, -0.25) is 0 Å². The molecule has 0 aliphatic carbocycles. The van der Waals surface area contributed by atoms with Crippen molar-refractivity contribution in [3.8, 4) is 0 Å². The molecule has 0 heterocycles. The molecule has 0 atom stereocenters. The molecule has 0 aromatic heterocycles. The summed E-state index contributed by atoms with van der Waals surface area (Å²) >= 11 is 0.0411. The van der Waals surface area contributed by atoms with Crippen molar-refractivity contribution in [1.29, 1.82) is 0 Å². The SMILES string of the molecule is CC(C)[O][V+2][CH2]c1ccccc1.[Cl-].[Cl-]. The third-order valence-electron chi connectivity index (χ3n) is 1.38. The molecule has 0 N–H and O–H groups in total. The summed E-state index contributed by atoms with van der Waals surface area (Å²) in [6, 6.07) is 10.5. The van der Waals surface area contributed by atoms with Gasteiger partial charge < -0.3 is 24.8 Å². The van der Waals surface area contributed by atoms with E-state index in [4.69, 9.17) is 3.66 Å². The Morgan fingerprint density at radius 3 is 2.21 bits per heavy atom. The summed E-state index contributed by atoms with van der Waals surface area (Å²) in [7, 11) is 0. The summed E-state index contributed by atoms with van der Waals surface area (Å²) in [5.41, 5.74) is 1.39. The monoisotopic (exact) mass is 271 g/mol. The first-order valence-electron chi connectivity index (χ1n) is 4.15. The molecule has 0 fully saturated rings. The molecule has 0 saturated heterocycles. The predicted octanol–water partition coefficient (Wildman–Crippen LogP) is -3.38. The van der Waals surface area contributed by atoms with Crippen molar-refractivity contribution in [2.24, 2.45) is 0 Å². The molecule has 79 valence electrons. The van der Waals surface area contributed by atoms with E-state index in [2.05, 4.69) is 38.1 Å². The summed E-state index contributed by atoms with van der Waals surface area (Å²) in [6.07, 6.45) is 0.383. The van der Waals surface area contributed by atoms with Gasteiger partial charge >= 0.3 is 81.3 Å². The molecule has 0 aliphatic heterocycles. The summed E-state index contributed by atoms with van der Waals surface area (Å²) in [5.74, 6) is 0. The maximum absolute atomic E-state index is 5.54. The molecule has 4 heteroatoms. The van der Waals surface area contributed by atoms with Gasteiger partial charge in [-0.1, -0.05) is 0 Å². The molecule has 1 nitrogen and oxygen atoms in total.